The summed E-state index contributed by atoms with van der Waals surface area (Å²) in [6, 6.07) is 17.6. The van der Waals surface area contributed by atoms with E-state index in [1.807, 2.05) is 54.6 Å². The quantitative estimate of drug-likeness (QED) is 0.829. The summed E-state index contributed by atoms with van der Waals surface area (Å²) in [6.45, 7) is 0. The van der Waals surface area contributed by atoms with Gasteiger partial charge in [0.2, 0.25) is 0 Å². The van der Waals surface area contributed by atoms with Crippen molar-refractivity contribution in [2.75, 3.05) is 0 Å². The molecule has 2 unspecified atom stereocenters. The van der Waals surface area contributed by atoms with Gasteiger partial charge in [0, 0.05) is 23.4 Å². The Balaban J connectivity index is 2.30. The van der Waals surface area contributed by atoms with E-state index in [1.54, 1.807) is 0 Å². The van der Waals surface area contributed by atoms with Gasteiger partial charge in [-0.3, -0.25) is 0 Å². The molecule has 0 heterocycles. The van der Waals surface area contributed by atoms with Gasteiger partial charge in [-0.1, -0.05) is 54.1 Å². The predicted octanol–water partition coefficient (Wildman–Crippen LogP) is 4.15. The third-order valence-corrected chi connectivity index (χ3v) is 3.51. The average Bonchev–Trinajstić information content (AvgIpc) is 2.46. The lowest BCUT2D eigenvalue weighted by atomic mass is 9.85. The maximum Gasteiger partial charge on any atom is 0.0406 e. The number of nitrogens with two attached hydrogens (primary N) is 1. The Morgan fingerprint density at radius 3 is 2.21 bits per heavy atom. The molecule has 0 aliphatic heterocycles. The Hall–Kier alpha value is -1.75. The van der Waals surface area contributed by atoms with Crippen LogP contribution >= 0.6 is 11.6 Å². The first kappa shape index (κ1) is 13.7. The summed E-state index contributed by atoms with van der Waals surface area (Å²) in [6.07, 6.45) is 6.09. The molecule has 0 radical (unpaired) electrons. The maximum atomic E-state index is 6.37. The van der Waals surface area contributed by atoms with Crippen LogP contribution in [-0.4, -0.2) is 0 Å². The van der Waals surface area contributed by atoms with E-state index in [-0.39, 0.29) is 12.0 Å². The summed E-state index contributed by atoms with van der Waals surface area (Å²) >= 11 is 5.92. The SMILES string of the molecule is C#CCC(c1ccc(Cl)cc1)C(N)c1ccccc1. The van der Waals surface area contributed by atoms with Gasteiger partial charge in [-0.25, -0.2) is 0 Å². The molecule has 0 aromatic heterocycles. The van der Waals surface area contributed by atoms with Crippen molar-refractivity contribution in [2.24, 2.45) is 5.73 Å². The first-order valence-electron chi connectivity index (χ1n) is 6.22. The van der Waals surface area contributed by atoms with E-state index in [9.17, 15) is 0 Å². The van der Waals surface area contributed by atoms with Crippen LogP contribution in [0.25, 0.3) is 0 Å². The highest BCUT2D eigenvalue weighted by Crippen LogP contribution is 2.32. The lowest BCUT2D eigenvalue weighted by Crippen LogP contribution is -2.19. The van der Waals surface area contributed by atoms with Gasteiger partial charge in [0.1, 0.15) is 0 Å². The van der Waals surface area contributed by atoms with Gasteiger partial charge in [-0.15, -0.1) is 12.3 Å². The monoisotopic (exact) mass is 269 g/mol. The van der Waals surface area contributed by atoms with E-state index in [0.29, 0.717) is 6.42 Å². The molecule has 0 aliphatic rings. The van der Waals surface area contributed by atoms with Gasteiger partial charge in [-0.2, -0.15) is 0 Å². The highest BCUT2D eigenvalue weighted by Gasteiger charge is 2.20. The second kappa shape index (κ2) is 6.43. The van der Waals surface area contributed by atoms with E-state index in [1.165, 1.54) is 0 Å². The van der Waals surface area contributed by atoms with E-state index in [2.05, 4.69) is 5.92 Å². The molecule has 0 saturated heterocycles. The van der Waals surface area contributed by atoms with Gasteiger partial charge in [0.25, 0.3) is 0 Å². The van der Waals surface area contributed by atoms with E-state index < -0.39 is 0 Å². The molecule has 2 heteroatoms. The van der Waals surface area contributed by atoms with Crippen molar-refractivity contribution in [3.05, 3.63) is 70.7 Å². The maximum absolute atomic E-state index is 6.37. The van der Waals surface area contributed by atoms with E-state index in [4.69, 9.17) is 23.8 Å². The molecule has 2 atom stereocenters. The van der Waals surface area contributed by atoms with Crippen molar-refractivity contribution < 1.29 is 0 Å². The summed E-state index contributed by atoms with van der Waals surface area (Å²) in [5, 5.41) is 0.719. The minimum Gasteiger partial charge on any atom is -0.323 e. The zero-order valence-corrected chi connectivity index (χ0v) is 11.3. The predicted molar refractivity (Wildman–Crippen MR) is 81.0 cm³/mol. The summed E-state index contributed by atoms with van der Waals surface area (Å²) < 4.78 is 0. The lowest BCUT2D eigenvalue weighted by molar-refractivity contribution is 0.566. The molecular weight excluding hydrogens is 254 g/mol. The fourth-order valence-corrected chi connectivity index (χ4v) is 2.32. The summed E-state index contributed by atoms with van der Waals surface area (Å²) in [7, 11) is 0. The molecule has 0 fully saturated rings. The third-order valence-electron chi connectivity index (χ3n) is 3.25. The molecule has 96 valence electrons. The van der Waals surface area contributed by atoms with Crippen molar-refractivity contribution in [2.45, 2.75) is 18.4 Å². The standard InChI is InChI=1S/C17H16ClN/c1-2-6-16(13-9-11-15(18)12-10-13)17(19)14-7-4-3-5-8-14/h1,3-5,7-12,16-17H,6,19H2. The van der Waals surface area contributed by atoms with Gasteiger partial charge < -0.3 is 5.73 Å². The molecular formula is C17H16ClN. The molecule has 0 aliphatic carbocycles. The molecule has 19 heavy (non-hydrogen) atoms. The third kappa shape index (κ3) is 3.38. The number of benzene rings is 2. The molecule has 2 aromatic rings. The fraction of sp³-hybridized carbons (Fsp3) is 0.176. The highest BCUT2D eigenvalue weighted by atomic mass is 35.5. The Morgan fingerprint density at radius 2 is 1.63 bits per heavy atom. The first-order valence-corrected chi connectivity index (χ1v) is 6.59. The smallest absolute Gasteiger partial charge is 0.0406 e. The molecule has 2 aromatic carbocycles. The largest absolute Gasteiger partial charge is 0.323 e. The molecule has 2 N–H and O–H groups in total. The zero-order valence-electron chi connectivity index (χ0n) is 10.6. The summed E-state index contributed by atoms with van der Waals surface area (Å²) in [5.74, 6) is 2.82. The molecule has 0 amide bonds. The number of halogens is 1. The zero-order chi connectivity index (χ0) is 13.7. The van der Waals surface area contributed by atoms with Crippen molar-refractivity contribution >= 4 is 11.6 Å². The van der Waals surface area contributed by atoms with E-state index >= 15 is 0 Å². The Morgan fingerprint density at radius 1 is 1.00 bits per heavy atom. The van der Waals surface area contributed by atoms with Crippen LogP contribution in [0.3, 0.4) is 0 Å². The molecule has 1 nitrogen and oxygen atoms in total. The fourth-order valence-electron chi connectivity index (χ4n) is 2.20. The number of rotatable bonds is 4. The van der Waals surface area contributed by atoms with Gasteiger partial charge in [0.15, 0.2) is 0 Å². The minimum absolute atomic E-state index is 0.102. The van der Waals surface area contributed by atoms with Crippen LogP contribution in [0.5, 0.6) is 0 Å². The molecule has 2 rings (SSSR count). The van der Waals surface area contributed by atoms with Crippen molar-refractivity contribution in [3.8, 4) is 12.3 Å². The second-order valence-electron chi connectivity index (χ2n) is 4.50. The normalized spacial score (nSPS) is 13.5. The van der Waals surface area contributed by atoms with Crippen LogP contribution in [0.4, 0.5) is 0 Å². The number of terminal acetylenes is 1. The van der Waals surface area contributed by atoms with Crippen molar-refractivity contribution in [1.29, 1.82) is 0 Å². The van der Waals surface area contributed by atoms with Crippen LogP contribution < -0.4 is 5.73 Å². The Labute approximate surface area is 119 Å². The van der Waals surface area contributed by atoms with Crippen LogP contribution in [0.15, 0.2) is 54.6 Å². The van der Waals surface area contributed by atoms with Gasteiger partial charge in [-0.05, 0) is 23.3 Å². The summed E-state index contributed by atoms with van der Waals surface area (Å²) in [4.78, 5) is 0. The van der Waals surface area contributed by atoms with Crippen molar-refractivity contribution in [1.82, 2.24) is 0 Å². The van der Waals surface area contributed by atoms with Crippen LogP contribution in [0.2, 0.25) is 5.02 Å². The lowest BCUT2D eigenvalue weighted by Gasteiger charge is -2.23. The molecule has 0 saturated carbocycles. The molecule has 0 spiro atoms. The van der Waals surface area contributed by atoms with Crippen LogP contribution in [0, 0.1) is 12.3 Å². The second-order valence-corrected chi connectivity index (χ2v) is 4.94. The van der Waals surface area contributed by atoms with E-state index in [0.717, 1.165) is 16.1 Å². The Kier molecular flexibility index (Phi) is 4.63. The highest BCUT2D eigenvalue weighted by molar-refractivity contribution is 6.30. The van der Waals surface area contributed by atoms with Crippen LogP contribution in [-0.2, 0) is 0 Å². The average molecular weight is 270 g/mol. The Bertz CT molecular complexity index is 554. The van der Waals surface area contributed by atoms with Crippen LogP contribution in [0.1, 0.15) is 29.5 Å². The molecule has 0 bridgehead atoms. The number of hydrogen-bond donors (Lipinski definition) is 1. The van der Waals surface area contributed by atoms with Gasteiger partial charge >= 0.3 is 0 Å². The number of hydrogen-bond acceptors (Lipinski definition) is 1. The first-order chi connectivity index (χ1) is 9.22. The van der Waals surface area contributed by atoms with Gasteiger partial charge in [0.05, 0.1) is 0 Å². The summed E-state index contributed by atoms with van der Waals surface area (Å²) in [5.41, 5.74) is 8.59. The van der Waals surface area contributed by atoms with Crippen molar-refractivity contribution in [3.63, 3.8) is 0 Å². The minimum atomic E-state index is -0.113. The topological polar surface area (TPSA) is 26.0 Å².